The van der Waals surface area contributed by atoms with Crippen LogP contribution in [0.15, 0.2) is 12.1 Å². The van der Waals surface area contributed by atoms with Crippen LogP contribution < -0.4 is 5.32 Å². The quantitative estimate of drug-likeness (QED) is 0.881. The summed E-state index contributed by atoms with van der Waals surface area (Å²) in [5.74, 6) is -0.723. The monoisotopic (exact) mass is 256 g/mol. The molecule has 1 heterocycles. The number of carbonyl (C=O) groups is 1. The Morgan fingerprint density at radius 3 is 2.94 bits per heavy atom. The molecule has 0 radical (unpaired) electrons. The van der Waals surface area contributed by atoms with E-state index in [-0.39, 0.29) is 5.91 Å². The minimum Gasteiger partial charge on any atom is -0.355 e. The smallest absolute Gasteiger partial charge is 0.237 e. The molecule has 0 fully saturated rings. The van der Waals surface area contributed by atoms with E-state index in [1.165, 1.54) is 11.3 Å². The first-order valence-corrected chi connectivity index (χ1v) is 6.28. The first kappa shape index (κ1) is 13.0. The van der Waals surface area contributed by atoms with Gasteiger partial charge < -0.3 is 5.32 Å². The molecule has 1 N–H and O–H groups in total. The Balaban J connectivity index is 2.31. The van der Waals surface area contributed by atoms with Crippen molar-refractivity contribution in [1.29, 1.82) is 5.26 Å². The lowest BCUT2D eigenvalue weighted by molar-refractivity contribution is -0.123. The maximum absolute atomic E-state index is 11.4. The van der Waals surface area contributed by atoms with Crippen LogP contribution in [-0.2, 0) is 11.2 Å². The van der Waals surface area contributed by atoms with Crippen LogP contribution in [0.5, 0.6) is 0 Å². The van der Waals surface area contributed by atoms with Gasteiger partial charge in [0.05, 0.1) is 10.4 Å². The van der Waals surface area contributed by atoms with E-state index in [4.69, 9.17) is 16.9 Å². The van der Waals surface area contributed by atoms with Crippen LogP contribution in [0.4, 0.5) is 0 Å². The molecule has 1 rings (SSSR count). The zero-order chi connectivity index (χ0) is 12.0. The van der Waals surface area contributed by atoms with Gasteiger partial charge in [-0.2, -0.15) is 5.26 Å². The van der Waals surface area contributed by atoms with Crippen LogP contribution >= 0.6 is 22.9 Å². The highest BCUT2D eigenvalue weighted by Crippen LogP contribution is 2.21. The van der Waals surface area contributed by atoms with E-state index in [0.29, 0.717) is 13.0 Å². The summed E-state index contributed by atoms with van der Waals surface area (Å²) in [5, 5.41) is 11.4. The summed E-state index contributed by atoms with van der Waals surface area (Å²) in [6, 6.07) is 5.76. The van der Waals surface area contributed by atoms with Crippen LogP contribution in [0.25, 0.3) is 0 Å². The number of thiophene rings is 1. The number of nitrogens with one attached hydrogen (secondary N) is 1. The van der Waals surface area contributed by atoms with Gasteiger partial charge in [0.15, 0.2) is 0 Å². The molecule has 0 saturated heterocycles. The molecule has 0 spiro atoms. The third-order valence-electron chi connectivity index (χ3n) is 2.18. The fraction of sp³-hybridized carbons (Fsp3) is 0.455. The Morgan fingerprint density at radius 1 is 1.69 bits per heavy atom. The summed E-state index contributed by atoms with van der Waals surface area (Å²) in [6.07, 6.45) is 1.30. The van der Waals surface area contributed by atoms with Gasteiger partial charge in [0.25, 0.3) is 0 Å². The number of rotatable bonds is 5. The van der Waals surface area contributed by atoms with E-state index in [0.717, 1.165) is 15.6 Å². The molecule has 1 unspecified atom stereocenters. The number of carbonyl (C=O) groups excluding carboxylic acids is 1. The maximum atomic E-state index is 11.4. The second-order valence-electron chi connectivity index (χ2n) is 3.34. The van der Waals surface area contributed by atoms with Gasteiger partial charge in [0.2, 0.25) is 5.91 Å². The second-order valence-corrected chi connectivity index (χ2v) is 5.14. The largest absolute Gasteiger partial charge is 0.355 e. The lowest BCUT2D eigenvalue weighted by atomic mass is 10.1. The molecule has 1 amide bonds. The highest BCUT2D eigenvalue weighted by molar-refractivity contribution is 7.16. The molecule has 5 heteroatoms. The van der Waals surface area contributed by atoms with E-state index in [2.05, 4.69) is 5.32 Å². The second kappa shape index (κ2) is 6.51. The highest BCUT2D eigenvalue weighted by Gasteiger charge is 2.14. The SMILES string of the molecule is CCC(C#N)C(=O)NCCc1ccc(Cl)s1. The zero-order valence-electron chi connectivity index (χ0n) is 9.00. The van der Waals surface area contributed by atoms with Crippen molar-refractivity contribution in [2.24, 2.45) is 5.92 Å². The maximum Gasteiger partial charge on any atom is 0.237 e. The van der Waals surface area contributed by atoms with E-state index in [1.807, 2.05) is 25.1 Å². The van der Waals surface area contributed by atoms with Crippen LogP contribution in [0, 0.1) is 17.2 Å². The van der Waals surface area contributed by atoms with Gasteiger partial charge in [-0.1, -0.05) is 18.5 Å². The van der Waals surface area contributed by atoms with Crippen LogP contribution in [-0.4, -0.2) is 12.5 Å². The number of amides is 1. The molecule has 1 aromatic heterocycles. The molecule has 0 saturated carbocycles. The zero-order valence-corrected chi connectivity index (χ0v) is 10.6. The van der Waals surface area contributed by atoms with E-state index in [1.54, 1.807) is 0 Å². The number of halogens is 1. The van der Waals surface area contributed by atoms with Crippen molar-refractivity contribution in [2.45, 2.75) is 19.8 Å². The lowest BCUT2D eigenvalue weighted by Crippen LogP contribution is -2.31. The molecule has 0 aliphatic carbocycles. The van der Waals surface area contributed by atoms with Crippen molar-refractivity contribution in [3.8, 4) is 6.07 Å². The minimum absolute atomic E-state index is 0.187. The topological polar surface area (TPSA) is 52.9 Å². The summed E-state index contributed by atoms with van der Waals surface area (Å²) in [5.41, 5.74) is 0. The Morgan fingerprint density at radius 2 is 2.44 bits per heavy atom. The fourth-order valence-electron chi connectivity index (χ4n) is 1.25. The predicted octanol–water partition coefficient (Wildman–Crippen LogP) is 2.61. The van der Waals surface area contributed by atoms with Gasteiger partial charge in [-0.3, -0.25) is 4.79 Å². The van der Waals surface area contributed by atoms with Gasteiger partial charge in [0, 0.05) is 11.4 Å². The van der Waals surface area contributed by atoms with Gasteiger partial charge >= 0.3 is 0 Å². The van der Waals surface area contributed by atoms with E-state index >= 15 is 0 Å². The molecular formula is C11H13ClN2OS. The summed E-state index contributed by atoms with van der Waals surface area (Å²) in [6.45, 7) is 2.38. The Hall–Kier alpha value is -1.05. The first-order valence-electron chi connectivity index (χ1n) is 5.09. The molecule has 16 heavy (non-hydrogen) atoms. The van der Waals surface area contributed by atoms with Crippen molar-refractivity contribution in [3.63, 3.8) is 0 Å². The Labute approximate surface area is 104 Å². The van der Waals surface area contributed by atoms with Gasteiger partial charge in [-0.05, 0) is 25.0 Å². The molecule has 1 atom stereocenters. The summed E-state index contributed by atoms with van der Waals surface area (Å²) < 4.78 is 0.754. The standard InChI is InChI=1S/C11H13ClN2OS/c1-2-8(7-13)11(15)14-6-5-9-3-4-10(12)16-9/h3-4,8H,2,5-6H2,1H3,(H,14,15). The Bertz CT molecular complexity index is 397. The van der Waals surface area contributed by atoms with Crippen LogP contribution in [0.3, 0.4) is 0 Å². The summed E-state index contributed by atoms with van der Waals surface area (Å²) in [7, 11) is 0. The summed E-state index contributed by atoms with van der Waals surface area (Å²) in [4.78, 5) is 12.6. The van der Waals surface area contributed by atoms with Crippen molar-refractivity contribution in [3.05, 3.63) is 21.3 Å². The predicted molar refractivity (Wildman–Crippen MR) is 65.4 cm³/mol. The third-order valence-corrected chi connectivity index (χ3v) is 3.47. The number of hydrogen-bond acceptors (Lipinski definition) is 3. The summed E-state index contributed by atoms with van der Waals surface area (Å²) >= 11 is 7.29. The molecular weight excluding hydrogens is 244 g/mol. The number of nitriles is 1. The van der Waals surface area contributed by atoms with Crippen molar-refractivity contribution in [2.75, 3.05) is 6.54 Å². The highest BCUT2D eigenvalue weighted by atomic mass is 35.5. The first-order chi connectivity index (χ1) is 7.67. The van der Waals surface area contributed by atoms with Gasteiger partial charge in [-0.25, -0.2) is 0 Å². The molecule has 1 aromatic rings. The average Bonchev–Trinajstić information content (AvgIpc) is 2.66. The molecule has 3 nitrogen and oxygen atoms in total. The van der Waals surface area contributed by atoms with Gasteiger partial charge in [-0.15, -0.1) is 11.3 Å². The molecule has 0 bridgehead atoms. The molecule has 0 aliphatic heterocycles. The van der Waals surface area contributed by atoms with Crippen LogP contribution in [0.2, 0.25) is 4.34 Å². The minimum atomic E-state index is -0.535. The third kappa shape index (κ3) is 3.84. The number of nitrogens with zero attached hydrogens (tertiary/aromatic N) is 1. The lowest BCUT2D eigenvalue weighted by Gasteiger charge is -2.06. The van der Waals surface area contributed by atoms with E-state index in [9.17, 15) is 4.79 Å². The molecule has 86 valence electrons. The van der Waals surface area contributed by atoms with Crippen LogP contribution in [0.1, 0.15) is 18.2 Å². The van der Waals surface area contributed by atoms with Gasteiger partial charge in [0.1, 0.15) is 5.92 Å². The van der Waals surface area contributed by atoms with Crippen molar-refractivity contribution >= 4 is 28.8 Å². The molecule has 0 aliphatic rings. The normalized spacial score (nSPS) is 11.8. The Kier molecular flexibility index (Phi) is 5.30. The van der Waals surface area contributed by atoms with E-state index < -0.39 is 5.92 Å². The fourth-order valence-corrected chi connectivity index (χ4v) is 2.34. The molecule has 0 aromatic carbocycles. The number of hydrogen-bond donors (Lipinski definition) is 1. The van der Waals surface area contributed by atoms with Crippen molar-refractivity contribution in [1.82, 2.24) is 5.32 Å². The average molecular weight is 257 g/mol. The van der Waals surface area contributed by atoms with Crippen molar-refractivity contribution < 1.29 is 4.79 Å².